The van der Waals surface area contributed by atoms with Crippen LogP contribution in [-0.2, 0) is 0 Å². The number of hydrogen-bond acceptors (Lipinski definition) is 4. The SMILES string of the molecule is Cc1ccc(/C=N/Nc2nc3ccccc3[nH]2)o1. The fourth-order valence-corrected chi connectivity index (χ4v) is 1.69. The zero-order chi connectivity index (χ0) is 12.4. The molecule has 0 aliphatic carbocycles. The van der Waals surface area contributed by atoms with Crippen molar-refractivity contribution in [1.29, 1.82) is 0 Å². The summed E-state index contributed by atoms with van der Waals surface area (Å²) in [6, 6.07) is 11.6. The molecule has 5 heteroatoms. The monoisotopic (exact) mass is 240 g/mol. The standard InChI is InChI=1S/C13H12N4O/c1-9-6-7-10(18-9)8-14-17-13-15-11-4-2-3-5-12(11)16-13/h2-8H,1H3,(H2,15,16,17)/b14-8+. The van der Waals surface area contributed by atoms with Gasteiger partial charge in [-0.25, -0.2) is 10.4 Å². The molecule has 0 spiro atoms. The summed E-state index contributed by atoms with van der Waals surface area (Å²) in [5.41, 5.74) is 4.72. The van der Waals surface area contributed by atoms with Crippen LogP contribution >= 0.6 is 0 Å². The molecule has 0 bridgehead atoms. The Hall–Kier alpha value is -2.56. The van der Waals surface area contributed by atoms with Gasteiger partial charge < -0.3 is 9.40 Å². The van der Waals surface area contributed by atoms with Crippen LogP contribution in [0.25, 0.3) is 11.0 Å². The number of nitrogens with one attached hydrogen (secondary N) is 2. The molecule has 0 saturated heterocycles. The normalized spacial score (nSPS) is 11.4. The second-order valence-corrected chi connectivity index (χ2v) is 3.92. The molecule has 2 aromatic heterocycles. The topological polar surface area (TPSA) is 66.2 Å². The highest BCUT2D eigenvalue weighted by Crippen LogP contribution is 2.13. The van der Waals surface area contributed by atoms with Crippen molar-refractivity contribution >= 4 is 23.2 Å². The predicted molar refractivity (Wildman–Crippen MR) is 70.8 cm³/mol. The smallest absolute Gasteiger partial charge is 0.222 e. The van der Waals surface area contributed by atoms with Gasteiger partial charge in [0.1, 0.15) is 11.5 Å². The Morgan fingerprint density at radius 2 is 2.17 bits per heavy atom. The van der Waals surface area contributed by atoms with Gasteiger partial charge in [0.2, 0.25) is 5.95 Å². The summed E-state index contributed by atoms with van der Waals surface area (Å²) >= 11 is 0. The van der Waals surface area contributed by atoms with Gasteiger partial charge in [0.25, 0.3) is 0 Å². The first-order chi connectivity index (χ1) is 8.81. The number of furan rings is 1. The largest absolute Gasteiger partial charge is 0.460 e. The molecule has 0 amide bonds. The summed E-state index contributed by atoms with van der Waals surface area (Å²) in [7, 11) is 0. The van der Waals surface area contributed by atoms with E-state index in [0.29, 0.717) is 11.7 Å². The van der Waals surface area contributed by atoms with Gasteiger partial charge in [-0.1, -0.05) is 12.1 Å². The van der Waals surface area contributed by atoms with E-state index in [4.69, 9.17) is 4.42 Å². The maximum atomic E-state index is 5.36. The molecule has 0 unspecified atom stereocenters. The van der Waals surface area contributed by atoms with E-state index in [1.807, 2.05) is 43.3 Å². The molecule has 0 radical (unpaired) electrons. The summed E-state index contributed by atoms with van der Waals surface area (Å²) in [6.45, 7) is 1.89. The quantitative estimate of drug-likeness (QED) is 0.546. The number of benzene rings is 1. The number of para-hydroxylation sites is 2. The van der Waals surface area contributed by atoms with Crippen LogP contribution in [0, 0.1) is 6.92 Å². The first-order valence-electron chi connectivity index (χ1n) is 5.61. The van der Waals surface area contributed by atoms with E-state index in [9.17, 15) is 0 Å². The lowest BCUT2D eigenvalue weighted by Crippen LogP contribution is -1.91. The molecule has 3 aromatic rings. The van der Waals surface area contributed by atoms with Crippen LogP contribution in [0.1, 0.15) is 11.5 Å². The third kappa shape index (κ3) is 2.10. The van der Waals surface area contributed by atoms with Crippen molar-refractivity contribution in [2.24, 2.45) is 5.10 Å². The Kier molecular flexibility index (Phi) is 2.57. The van der Waals surface area contributed by atoms with Gasteiger partial charge in [0.15, 0.2) is 0 Å². The second-order valence-electron chi connectivity index (χ2n) is 3.92. The van der Waals surface area contributed by atoms with E-state index in [0.717, 1.165) is 16.8 Å². The van der Waals surface area contributed by atoms with Crippen molar-refractivity contribution in [1.82, 2.24) is 9.97 Å². The zero-order valence-corrected chi connectivity index (χ0v) is 9.84. The molecule has 0 aliphatic heterocycles. The van der Waals surface area contributed by atoms with Gasteiger partial charge in [0, 0.05) is 0 Å². The van der Waals surface area contributed by atoms with E-state index in [1.54, 1.807) is 6.21 Å². The lowest BCUT2D eigenvalue weighted by atomic mass is 10.3. The average Bonchev–Trinajstić information content (AvgIpc) is 2.95. The molecule has 1 aromatic carbocycles. The average molecular weight is 240 g/mol. The molecule has 90 valence electrons. The predicted octanol–water partition coefficient (Wildman–Crippen LogP) is 2.91. The number of fused-ring (bicyclic) bond motifs is 1. The summed E-state index contributed by atoms with van der Waals surface area (Å²) < 4.78 is 5.36. The molecule has 2 heterocycles. The van der Waals surface area contributed by atoms with Crippen LogP contribution in [0.2, 0.25) is 0 Å². The number of aromatic amines is 1. The number of hydrogen-bond donors (Lipinski definition) is 2. The Morgan fingerprint density at radius 3 is 2.94 bits per heavy atom. The van der Waals surface area contributed by atoms with Crippen molar-refractivity contribution in [3.05, 3.63) is 47.9 Å². The van der Waals surface area contributed by atoms with Gasteiger partial charge in [-0.3, -0.25) is 0 Å². The molecule has 0 saturated carbocycles. The molecule has 5 nitrogen and oxygen atoms in total. The van der Waals surface area contributed by atoms with Gasteiger partial charge >= 0.3 is 0 Å². The fourth-order valence-electron chi connectivity index (χ4n) is 1.69. The third-order valence-electron chi connectivity index (χ3n) is 2.51. The first-order valence-corrected chi connectivity index (χ1v) is 5.61. The number of H-pyrrole nitrogens is 1. The number of aromatic nitrogens is 2. The highest BCUT2D eigenvalue weighted by Gasteiger charge is 1.99. The number of anilines is 1. The third-order valence-corrected chi connectivity index (χ3v) is 2.51. The van der Waals surface area contributed by atoms with Crippen molar-refractivity contribution < 1.29 is 4.42 Å². The molecular weight excluding hydrogens is 228 g/mol. The fraction of sp³-hybridized carbons (Fsp3) is 0.0769. The highest BCUT2D eigenvalue weighted by molar-refractivity contribution is 5.78. The number of rotatable bonds is 3. The Morgan fingerprint density at radius 1 is 1.28 bits per heavy atom. The number of hydrazone groups is 1. The molecule has 2 N–H and O–H groups in total. The van der Waals surface area contributed by atoms with Crippen LogP contribution in [0.15, 0.2) is 45.9 Å². The van der Waals surface area contributed by atoms with Gasteiger partial charge in [-0.15, -0.1) is 0 Å². The van der Waals surface area contributed by atoms with Gasteiger partial charge in [-0.2, -0.15) is 5.10 Å². The zero-order valence-electron chi connectivity index (χ0n) is 9.84. The minimum absolute atomic E-state index is 0.607. The first kappa shape index (κ1) is 10.6. The van der Waals surface area contributed by atoms with E-state index < -0.39 is 0 Å². The summed E-state index contributed by atoms with van der Waals surface area (Å²) in [5, 5.41) is 4.06. The van der Waals surface area contributed by atoms with Gasteiger partial charge in [-0.05, 0) is 31.2 Å². The van der Waals surface area contributed by atoms with Crippen LogP contribution in [0.3, 0.4) is 0 Å². The van der Waals surface area contributed by atoms with Crippen molar-refractivity contribution in [3.63, 3.8) is 0 Å². The van der Waals surface area contributed by atoms with Crippen LogP contribution in [0.4, 0.5) is 5.95 Å². The Balaban J connectivity index is 1.74. The minimum atomic E-state index is 0.607. The number of imidazole rings is 1. The lowest BCUT2D eigenvalue weighted by molar-refractivity contribution is 0.528. The van der Waals surface area contributed by atoms with E-state index in [1.165, 1.54) is 0 Å². The van der Waals surface area contributed by atoms with E-state index >= 15 is 0 Å². The molecule has 0 fully saturated rings. The van der Waals surface area contributed by atoms with Crippen molar-refractivity contribution in [2.75, 3.05) is 5.43 Å². The molecule has 18 heavy (non-hydrogen) atoms. The van der Waals surface area contributed by atoms with E-state index in [2.05, 4.69) is 20.5 Å². The lowest BCUT2D eigenvalue weighted by Gasteiger charge is -1.91. The molecular formula is C13H12N4O. The van der Waals surface area contributed by atoms with Crippen molar-refractivity contribution in [3.8, 4) is 0 Å². The van der Waals surface area contributed by atoms with Crippen LogP contribution in [0.5, 0.6) is 0 Å². The van der Waals surface area contributed by atoms with Crippen LogP contribution < -0.4 is 5.43 Å². The minimum Gasteiger partial charge on any atom is -0.460 e. The maximum absolute atomic E-state index is 5.36. The highest BCUT2D eigenvalue weighted by atomic mass is 16.3. The molecule has 0 atom stereocenters. The molecule has 3 rings (SSSR count). The number of nitrogens with zero attached hydrogens (tertiary/aromatic N) is 2. The Labute approximate surface area is 104 Å². The van der Waals surface area contributed by atoms with Crippen molar-refractivity contribution in [2.45, 2.75) is 6.92 Å². The maximum Gasteiger partial charge on any atom is 0.222 e. The summed E-state index contributed by atoms with van der Waals surface area (Å²) in [5.74, 6) is 2.17. The number of aryl methyl sites for hydroxylation is 1. The summed E-state index contributed by atoms with van der Waals surface area (Å²) in [4.78, 5) is 7.46. The Bertz CT molecular complexity index is 663. The van der Waals surface area contributed by atoms with Gasteiger partial charge in [0.05, 0.1) is 17.2 Å². The molecule has 0 aliphatic rings. The van der Waals surface area contributed by atoms with E-state index in [-0.39, 0.29) is 0 Å². The van der Waals surface area contributed by atoms with Crippen LogP contribution in [-0.4, -0.2) is 16.2 Å². The second kappa shape index (κ2) is 4.37. The summed E-state index contributed by atoms with van der Waals surface area (Å²) in [6.07, 6.45) is 1.61.